The molecule has 2 saturated heterocycles. The van der Waals surface area contributed by atoms with E-state index in [4.69, 9.17) is 0 Å². The van der Waals surface area contributed by atoms with Crippen LogP contribution in [-0.2, 0) is 0 Å². The van der Waals surface area contributed by atoms with Crippen LogP contribution < -0.4 is 10.6 Å². The molecule has 0 amide bonds. The minimum atomic E-state index is -0.422. The fourth-order valence-electron chi connectivity index (χ4n) is 3.75. The second-order valence-electron chi connectivity index (χ2n) is 7.03. The molecule has 0 spiro atoms. The molecular formula is C17H29FN6. The zero-order valence-electron chi connectivity index (χ0n) is 14.8. The molecule has 0 aliphatic carbocycles. The standard InChI is InChI=1S/C17H29FN6/c1-19-16-15(18)12-21-17(22-16)20-11-13-3-9-24(10-4-13)14-5-7-23(2)8-6-14/h12-14H,3-11H2,1-2H3,(H2,19,20,21,22). The van der Waals surface area contributed by atoms with Crippen molar-refractivity contribution in [2.45, 2.75) is 31.7 Å². The molecule has 0 unspecified atom stereocenters. The highest BCUT2D eigenvalue weighted by atomic mass is 19.1. The number of nitrogens with zero attached hydrogens (tertiary/aromatic N) is 4. The second-order valence-corrected chi connectivity index (χ2v) is 7.03. The van der Waals surface area contributed by atoms with Crippen LogP contribution in [0.2, 0.25) is 0 Å². The Balaban J connectivity index is 1.42. The molecule has 7 heteroatoms. The van der Waals surface area contributed by atoms with E-state index in [9.17, 15) is 4.39 Å². The van der Waals surface area contributed by atoms with Crippen molar-refractivity contribution in [2.75, 3.05) is 57.5 Å². The minimum absolute atomic E-state index is 0.240. The quantitative estimate of drug-likeness (QED) is 0.856. The van der Waals surface area contributed by atoms with E-state index in [1.807, 2.05) is 0 Å². The van der Waals surface area contributed by atoms with Crippen LogP contribution in [0.5, 0.6) is 0 Å². The summed E-state index contributed by atoms with van der Waals surface area (Å²) in [6.07, 6.45) is 6.23. The van der Waals surface area contributed by atoms with Crippen molar-refractivity contribution in [2.24, 2.45) is 5.92 Å². The van der Waals surface area contributed by atoms with Crippen molar-refractivity contribution in [3.05, 3.63) is 12.0 Å². The lowest BCUT2D eigenvalue weighted by Gasteiger charge is -2.41. The third kappa shape index (κ3) is 4.33. The Kier molecular flexibility index (Phi) is 5.84. The van der Waals surface area contributed by atoms with Crippen molar-refractivity contribution in [1.82, 2.24) is 19.8 Å². The molecule has 0 saturated carbocycles. The van der Waals surface area contributed by atoms with Crippen molar-refractivity contribution < 1.29 is 4.39 Å². The van der Waals surface area contributed by atoms with E-state index in [0.29, 0.717) is 11.9 Å². The Bertz CT molecular complexity index is 524. The Labute approximate surface area is 143 Å². The van der Waals surface area contributed by atoms with Gasteiger partial charge < -0.3 is 20.4 Å². The van der Waals surface area contributed by atoms with Gasteiger partial charge in [-0.15, -0.1) is 0 Å². The van der Waals surface area contributed by atoms with Gasteiger partial charge in [0.1, 0.15) is 0 Å². The normalized spacial score (nSPS) is 21.8. The largest absolute Gasteiger partial charge is 0.371 e. The molecule has 0 aromatic carbocycles. The average Bonchev–Trinajstić information content (AvgIpc) is 2.62. The molecule has 1 aromatic rings. The molecular weight excluding hydrogens is 307 g/mol. The average molecular weight is 336 g/mol. The summed E-state index contributed by atoms with van der Waals surface area (Å²) in [4.78, 5) is 13.3. The molecule has 3 rings (SSSR count). The maximum atomic E-state index is 13.4. The lowest BCUT2D eigenvalue weighted by atomic mass is 9.93. The van der Waals surface area contributed by atoms with Gasteiger partial charge in [0, 0.05) is 19.6 Å². The van der Waals surface area contributed by atoms with Crippen LogP contribution in [0.4, 0.5) is 16.2 Å². The maximum absolute atomic E-state index is 13.4. The second kappa shape index (κ2) is 8.07. The molecule has 0 bridgehead atoms. The topological polar surface area (TPSA) is 56.3 Å². The summed E-state index contributed by atoms with van der Waals surface area (Å²) in [7, 11) is 3.87. The van der Waals surface area contributed by atoms with E-state index in [1.54, 1.807) is 7.05 Å². The van der Waals surface area contributed by atoms with Crippen LogP contribution in [-0.4, -0.2) is 72.6 Å². The lowest BCUT2D eigenvalue weighted by Crippen LogP contribution is -2.47. The van der Waals surface area contributed by atoms with Crippen molar-refractivity contribution >= 4 is 11.8 Å². The third-order valence-electron chi connectivity index (χ3n) is 5.38. The van der Waals surface area contributed by atoms with Gasteiger partial charge in [-0.1, -0.05) is 0 Å². The first-order valence-electron chi connectivity index (χ1n) is 9.02. The number of rotatable bonds is 5. The van der Waals surface area contributed by atoms with Gasteiger partial charge in [-0.2, -0.15) is 4.98 Å². The predicted octanol–water partition coefficient (Wildman–Crippen LogP) is 1.88. The van der Waals surface area contributed by atoms with Crippen LogP contribution >= 0.6 is 0 Å². The molecule has 2 aliphatic rings. The summed E-state index contributed by atoms with van der Waals surface area (Å²) in [5.41, 5.74) is 0. The molecule has 2 fully saturated rings. The van der Waals surface area contributed by atoms with E-state index in [-0.39, 0.29) is 5.82 Å². The molecule has 3 heterocycles. The van der Waals surface area contributed by atoms with Crippen LogP contribution in [0, 0.1) is 11.7 Å². The van der Waals surface area contributed by atoms with Gasteiger partial charge in [0.15, 0.2) is 11.6 Å². The summed E-state index contributed by atoms with van der Waals surface area (Å²) < 4.78 is 13.4. The molecule has 1 aromatic heterocycles. The zero-order valence-corrected chi connectivity index (χ0v) is 14.8. The monoisotopic (exact) mass is 336 g/mol. The maximum Gasteiger partial charge on any atom is 0.224 e. The molecule has 0 atom stereocenters. The molecule has 134 valence electrons. The van der Waals surface area contributed by atoms with Gasteiger partial charge >= 0.3 is 0 Å². The van der Waals surface area contributed by atoms with Gasteiger partial charge in [0.25, 0.3) is 0 Å². The van der Waals surface area contributed by atoms with Crippen LogP contribution in [0.1, 0.15) is 25.7 Å². The van der Waals surface area contributed by atoms with Gasteiger partial charge in [0.2, 0.25) is 5.95 Å². The van der Waals surface area contributed by atoms with E-state index in [0.717, 1.165) is 12.6 Å². The Morgan fingerprint density at radius 3 is 2.54 bits per heavy atom. The Hall–Kier alpha value is -1.47. The summed E-state index contributed by atoms with van der Waals surface area (Å²) in [6, 6.07) is 0.772. The predicted molar refractivity (Wildman–Crippen MR) is 94.8 cm³/mol. The van der Waals surface area contributed by atoms with Crippen molar-refractivity contribution in [1.29, 1.82) is 0 Å². The van der Waals surface area contributed by atoms with Crippen molar-refractivity contribution in [3.8, 4) is 0 Å². The number of piperidine rings is 2. The van der Waals surface area contributed by atoms with E-state index in [1.165, 1.54) is 58.1 Å². The number of nitrogens with one attached hydrogen (secondary N) is 2. The van der Waals surface area contributed by atoms with Gasteiger partial charge in [-0.25, -0.2) is 9.37 Å². The number of hydrogen-bond donors (Lipinski definition) is 2. The van der Waals surface area contributed by atoms with Crippen molar-refractivity contribution in [3.63, 3.8) is 0 Å². The zero-order chi connectivity index (χ0) is 16.9. The van der Waals surface area contributed by atoms with E-state index in [2.05, 4.69) is 37.4 Å². The summed E-state index contributed by atoms with van der Waals surface area (Å²) in [5, 5.41) is 6.01. The van der Waals surface area contributed by atoms with E-state index < -0.39 is 5.82 Å². The molecule has 2 aliphatic heterocycles. The fourth-order valence-corrected chi connectivity index (χ4v) is 3.75. The smallest absolute Gasteiger partial charge is 0.224 e. The highest BCUT2D eigenvalue weighted by Crippen LogP contribution is 2.24. The van der Waals surface area contributed by atoms with Gasteiger partial charge in [-0.3, -0.25) is 0 Å². The Morgan fingerprint density at radius 2 is 1.88 bits per heavy atom. The van der Waals surface area contributed by atoms with Crippen LogP contribution in [0.3, 0.4) is 0 Å². The molecule has 24 heavy (non-hydrogen) atoms. The SMILES string of the molecule is CNc1nc(NCC2CCN(C3CCN(C)CC3)CC2)ncc1F. The van der Waals surface area contributed by atoms with Crippen LogP contribution in [0.15, 0.2) is 6.20 Å². The fraction of sp³-hybridized carbons (Fsp3) is 0.765. The lowest BCUT2D eigenvalue weighted by molar-refractivity contribution is 0.0876. The highest BCUT2D eigenvalue weighted by molar-refractivity contribution is 5.40. The number of likely N-dealkylation sites (tertiary alicyclic amines) is 2. The number of halogens is 1. The molecule has 6 nitrogen and oxygen atoms in total. The van der Waals surface area contributed by atoms with Gasteiger partial charge in [0.05, 0.1) is 6.20 Å². The number of anilines is 2. The number of hydrogen-bond acceptors (Lipinski definition) is 6. The molecule has 2 N–H and O–H groups in total. The van der Waals surface area contributed by atoms with E-state index >= 15 is 0 Å². The first kappa shape index (κ1) is 17.4. The van der Waals surface area contributed by atoms with Gasteiger partial charge in [-0.05, 0) is 64.8 Å². The number of aromatic nitrogens is 2. The first-order valence-corrected chi connectivity index (χ1v) is 9.02. The summed E-state index contributed by atoms with van der Waals surface area (Å²) >= 11 is 0. The summed E-state index contributed by atoms with van der Waals surface area (Å²) in [6.45, 7) is 5.68. The first-order chi connectivity index (χ1) is 11.7. The highest BCUT2D eigenvalue weighted by Gasteiger charge is 2.27. The minimum Gasteiger partial charge on any atom is -0.371 e. The van der Waals surface area contributed by atoms with Crippen LogP contribution in [0.25, 0.3) is 0 Å². The Morgan fingerprint density at radius 1 is 1.17 bits per heavy atom. The summed E-state index contributed by atoms with van der Waals surface area (Å²) in [5.74, 6) is 0.955. The molecule has 0 radical (unpaired) electrons. The third-order valence-corrected chi connectivity index (χ3v) is 5.38.